The van der Waals surface area contributed by atoms with Crippen molar-refractivity contribution in [2.24, 2.45) is 0 Å². The van der Waals surface area contributed by atoms with Gasteiger partial charge in [0.2, 0.25) is 0 Å². The van der Waals surface area contributed by atoms with Crippen LogP contribution in [0.1, 0.15) is 24.3 Å². The number of hydrogen-bond donors (Lipinski definition) is 1. The average molecular weight is 262 g/mol. The maximum atomic E-state index is 5.92. The number of aromatic nitrogens is 2. The van der Waals surface area contributed by atoms with E-state index in [1.54, 1.807) is 0 Å². The van der Waals surface area contributed by atoms with Crippen LogP contribution < -0.4 is 4.90 Å². The number of benzene rings is 1. The number of nitrogens with one attached hydrogen (secondary N) is 1. The van der Waals surface area contributed by atoms with Gasteiger partial charge in [-0.15, -0.1) is 0 Å². The number of nitrogens with zero attached hydrogens (tertiary/aromatic N) is 2. The number of H-pyrrole nitrogens is 1. The van der Waals surface area contributed by atoms with Gasteiger partial charge in [-0.2, -0.15) is 5.10 Å². The first kappa shape index (κ1) is 11.6. The van der Waals surface area contributed by atoms with E-state index in [-0.39, 0.29) is 0 Å². The molecule has 1 saturated heterocycles. The monoisotopic (exact) mass is 261 g/mol. The van der Waals surface area contributed by atoms with Gasteiger partial charge in [-0.25, -0.2) is 0 Å². The lowest BCUT2D eigenvalue weighted by atomic mass is 9.89. The number of piperidine rings is 1. The van der Waals surface area contributed by atoms with Gasteiger partial charge in [-0.3, -0.25) is 5.10 Å². The Morgan fingerprint density at radius 1 is 1.17 bits per heavy atom. The Hall–Kier alpha value is -1.48. The molecular weight excluding hydrogens is 246 g/mol. The lowest BCUT2D eigenvalue weighted by Gasteiger charge is -2.32. The molecule has 1 aromatic heterocycles. The Morgan fingerprint density at radius 2 is 1.89 bits per heavy atom. The summed E-state index contributed by atoms with van der Waals surface area (Å²) in [4.78, 5) is 2.38. The van der Waals surface area contributed by atoms with Crippen molar-refractivity contribution < 1.29 is 0 Å². The van der Waals surface area contributed by atoms with Crippen molar-refractivity contribution in [2.75, 3.05) is 18.0 Å². The molecule has 1 fully saturated rings. The molecule has 1 aromatic carbocycles. The molecule has 1 N–H and O–H groups in total. The Bertz CT molecular complexity index is 484. The molecule has 2 heterocycles. The molecule has 0 radical (unpaired) electrons. The molecule has 94 valence electrons. The van der Waals surface area contributed by atoms with E-state index in [0.29, 0.717) is 5.92 Å². The highest BCUT2D eigenvalue weighted by molar-refractivity contribution is 6.30. The van der Waals surface area contributed by atoms with E-state index in [2.05, 4.69) is 27.2 Å². The predicted octanol–water partition coefficient (Wildman–Crippen LogP) is 3.45. The van der Waals surface area contributed by atoms with E-state index in [4.69, 9.17) is 11.6 Å². The normalized spacial score (nSPS) is 17.1. The largest absolute Gasteiger partial charge is 0.369 e. The molecule has 0 unspecified atom stereocenters. The van der Waals surface area contributed by atoms with Crippen LogP contribution in [-0.2, 0) is 0 Å². The zero-order valence-electron chi connectivity index (χ0n) is 10.1. The quantitative estimate of drug-likeness (QED) is 0.898. The molecule has 18 heavy (non-hydrogen) atoms. The van der Waals surface area contributed by atoms with Crippen molar-refractivity contribution in [1.29, 1.82) is 0 Å². The fraction of sp³-hybridized carbons (Fsp3) is 0.357. The molecule has 3 nitrogen and oxygen atoms in total. The minimum absolute atomic E-state index is 0.658. The second-order valence-corrected chi connectivity index (χ2v) is 5.21. The van der Waals surface area contributed by atoms with Gasteiger partial charge in [0, 0.05) is 24.3 Å². The molecule has 0 atom stereocenters. The summed E-state index contributed by atoms with van der Waals surface area (Å²) < 4.78 is 0. The van der Waals surface area contributed by atoms with Gasteiger partial charge in [-0.05, 0) is 36.5 Å². The van der Waals surface area contributed by atoms with E-state index in [9.17, 15) is 0 Å². The van der Waals surface area contributed by atoms with Crippen molar-refractivity contribution in [1.82, 2.24) is 10.2 Å². The predicted molar refractivity (Wildman–Crippen MR) is 74.2 cm³/mol. The maximum Gasteiger partial charge on any atom is 0.0749 e. The number of anilines is 1. The Morgan fingerprint density at radius 3 is 2.50 bits per heavy atom. The number of rotatable bonds is 2. The van der Waals surface area contributed by atoms with Crippen LogP contribution in [0.25, 0.3) is 0 Å². The smallest absolute Gasteiger partial charge is 0.0749 e. The highest BCUT2D eigenvalue weighted by atomic mass is 35.5. The van der Waals surface area contributed by atoms with Crippen molar-refractivity contribution in [2.45, 2.75) is 18.8 Å². The highest BCUT2D eigenvalue weighted by Gasteiger charge is 2.21. The summed E-state index contributed by atoms with van der Waals surface area (Å²) >= 11 is 5.92. The average Bonchev–Trinajstić information content (AvgIpc) is 2.94. The van der Waals surface area contributed by atoms with Gasteiger partial charge >= 0.3 is 0 Å². The Balaban J connectivity index is 1.65. The van der Waals surface area contributed by atoms with Crippen molar-refractivity contribution in [3.05, 3.63) is 47.2 Å². The van der Waals surface area contributed by atoms with Gasteiger partial charge in [-0.1, -0.05) is 23.7 Å². The number of halogens is 1. The van der Waals surface area contributed by atoms with E-state index < -0.39 is 0 Å². The molecular formula is C14H16ClN3. The summed E-state index contributed by atoms with van der Waals surface area (Å²) in [7, 11) is 0. The first-order chi connectivity index (χ1) is 8.83. The maximum absolute atomic E-state index is 5.92. The molecule has 4 heteroatoms. The number of aromatic amines is 1. The van der Waals surface area contributed by atoms with Gasteiger partial charge in [0.05, 0.1) is 11.9 Å². The first-order valence-electron chi connectivity index (χ1n) is 6.32. The third-order valence-corrected chi connectivity index (χ3v) is 3.94. The van der Waals surface area contributed by atoms with Crippen molar-refractivity contribution in [3.8, 4) is 0 Å². The zero-order valence-corrected chi connectivity index (χ0v) is 10.9. The molecule has 1 aliphatic heterocycles. The van der Waals surface area contributed by atoms with Crippen molar-refractivity contribution in [3.63, 3.8) is 0 Å². The molecule has 0 amide bonds. The first-order valence-corrected chi connectivity index (χ1v) is 6.70. The topological polar surface area (TPSA) is 31.9 Å². The van der Waals surface area contributed by atoms with Crippen LogP contribution in [0.2, 0.25) is 5.02 Å². The minimum atomic E-state index is 0.658. The summed E-state index contributed by atoms with van der Waals surface area (Å²) in [5, 5.41) is 7.69. The summed E-state index contributed by atoms with van der Waals surface area (Å²) in [5.74, 6) is 0.658. The van der Waals surface area contributed by atoms with Crippen LogP contribution in [0.4, 0.5) is 5.69 Å². The standard InChI is InChI=1S/C14H16ClN3/c15-13-3-1-11(2-4-13)12-5-7-18(8-6-12)14-9-16-17-10-14/h1-4,9-10,12H,5-8H2,(H,16,17). The molecule has 1 aliphatic rings. The van der Waals surface area contributed by atoms with Gasteiger partial charge in [0.25, 0.3) is 0 Å². The van der Waals surface area contributed by atoms with Crippen molar-refractivity contribution >= 4 is 17.3 Å². The fourth-order valence-electron chi connectivity index (χ4n) is 2.62. The van der Waals surface area contributed by atoms with Crippen LogP contribution in [0.15, 0.2) is 36.7 Å². The van der Waals surface area contributed by atoms with Crippen LogP contribution in [0.3, 0.4) is 0 Å². The second-order valence-electron chi connectivity index (χ2n) is 4.77. The highest BCUT2D eigenvalue weighted by Crippen LogP contribution is 2.30. The van der Waals surface area contributed by atoms with Crippen LogP contribution in [0.5, 0.6) is 0 Å². The Labute approximate surface area is 112 Å². The van der Waals surface area contributed by atoms with Crippen LogP contribution >= 0.6 is 11.6 Å². The van der Waals surface area contributed by atoms with E-state index in [1.807, 2.05) is 24.5 Å². The fourth-order valence-corrected chi connectivity index (χ4v) is 2.75. The lowest BCUT2D eigenvalue weighted by Crippen LogP contribution is -2.32. The summed E-state index contributed by atoms with van der Waals surface area (Å²) in [6.45, 7) is 2.18. The van der Waals surface area contributed by atoms with E-state index in [0.717, 1.165) is 18.1 Å². The minimum Gasteiger partial charge on any atom is -0.369 e. The van der Waals surface area contributed by atoms with Gasteiger partial charge < -0.3 is 4.90 Å². The van der Waals surface area contributed by atoms with Crippen LogP contribution in [-0.4, -0.2) is 23.3 Å². The van der Waals surface area contributed by atoms with Crippen LogP contribution in [0, 0.1) is 0 Å². The molecule has 0 spiro atoms. The number of hydrogen-bond acceptors (Lipinski definition) is 2. The second kappa shape index (κ2) is 5.02. The third kappa shape index (κ3) is 2.36. The molecule has 0 bridgehead atoms. The summed E-state index contributed by atoms with van der Waals surface area (Å²) in [6.07, 6.45) is 6.23. The molecule has 0 aliphatic carbocycles. The summed E-state index contributed by atoms with van der Waals surface area (Å²) in [6, 6.07) is 8.28. The lowest BCUT2D eigenvalue weighted by molar-refractivity contribution is 0.505. The zero-order chi connectivity index (χ0) is 12.4. The molecule has 0 saturated carbocycles. The SMILES string of the molecule is Clc1ccc(C2CCN(c3cn[nH]c3)CC2)cc1. The van der Waals surface area contributed by atoms with Gasteiger partial charge in [0.1, 0.15) is 0 Å². The summed E-state index contributed by atoms with van der Waals surface area (Å²) in [5.41, 5.74) is 2.61. The molecule has 3 rings (SSSR count). The van der Waals surface area contributed by atoms with E-state index >= 15 is 0 Å². The third-order valence-electron chi connectivity index (χ3n) is 3.69. The molecule has 2 aromatic rings. The van der Waals surface area contributed by atoms with E-state index in [1.165, 1.54) is 24.1 Å². The Kier molecular flexibility index (Phi) is 3.24. The van der Waals surface area contributed by atoms with Gasteiger partial charge in [0.15, 0.2) is 0 Å².